The molecule has 2 amide bonds. The lowest BCUT2D eigenvalue weighted by atomic mass is 10.1. The molecule has 1 aliphatic carbocycles. The summed E-state index contributed by atoms with van der Waals surface area (Å²) in [6.45, 7) is 1.07. The molecule has 1 aromatic carbocycles. The van der Waals surface area contributed by atoms with Gasteiger partial charge in [0.05, 0.1) is 37.0 Å². The van der Waals surface area contributed by atoms with Crippen LogP contribution in [0.3, 0.4) is 0 Å². The summed E-state index contributed by atoms with van der Waals surface area (Å²) in [5.74, 6) is -1.57. The molecule has 8 nitrogen and oxygen atoms in total. The van der Waals surface area contributed by atoms with Crippen LogP contribution >= 0.6 is 0 Å². The molecule has 0 radical (unpaired) electrons. The Bertz CT molecular complexity index is 786. The smallest absolute Gasteiger partial charge is 0.339 e. The van der Waals surface area contributed by atoms with E-state index in [1.54, 1.807) is 4.90 Å². The Kier molecular flexibility index (Phi) is 5.43. The molecular weight excluding hydrogens is 352 g/mol. The molecule has 1 unspecified atom stereocenters. The molecule has 144 valence electrons. The second-order valence-corrected chi connectivity index (χ2v) is 6.88. The summed E-state index contributed by atoms with van der Waals surface area (Å²) in [6.07, 6.45) is 2.40. The highest BCUT2D eigenvalue weighted by atomic mass is 16.5. The Labute approximate surface area is 156 Å². The van der Waals surface area contributed by atoms with Crippen LogP contribution in [0.2, 0.25) is 0 Å². The molecule has 1 atom stereocenters. The van der Waals surface area contributed by atoms with Crippen LogP contribution < -0.4 is 5.32 Å². The van der Waals surface area contributed by atoms with Crippen molar-refractivity contribution in [3.8, 4) is 0 Å². The molecule has 1 aliphatic heterocycles. The van der Waals surface area contributed by atoms with E-state index in [-0.39, 0.29) is 35.0 Å². The third-order valence-corrected chi connectivity index (χ3v) is 4.86. The summed E-state index contributed by atoms with van der Waals surface area (Å²) in [6, 6.07) is 4.19. The molecular formula is C19H22N2O6. The van der Waals surface area contributed by atoms with Crippen LogP contribution in [0.5, 0.6) is 0 Å². The van der Waals surface area contributed by atoms with Gasteiger partial charge in [-0.05, 0) is 37.0 Å². The molecule has 1 saturated heterocycles. The Morgan fingerprint density at radius 3 is 2.48 bits per heavy atom. The van der Waals surface area contributed by atoms with Gasteiger partial charge in [0, 0.05) is 19.5 Å². The van der Waals surface area contributed by atoms with Crippen LogP contribution in [0, 0.1) is 11.8 Å². The van der Waals surface area contributed by atoms with Gasteiger partial charge in [-0.25, -0.2) is 9.59 Å². The molecule has 27 heavy (non-hydrogen) atoms. The molecule has 2 aliphatic rings. The van der Waals surface area contributed by atoms with E-state index in [4.69, 9.17) is 4.74 Å². The predicted molar refractivity (Wildman–Crippen MR) is 95.2 cm³/mol. The monoisotopic (exact) mass is 374 g/mol. The minimum absolute atomic E-state index is 0.0291. The topological polar surface area (TPSA) is 102 Å². The van der Waals surface area contributed by atoms with Crippen molar-refractivity contribution in [2.24, 2.45) is 11.8 Å². The maximum atomic E-state index is 12.7. The second-order valence-electron chi connectivity index (χ2n) is 6.88. The quantitative estimate of drug-likeness (QED) is 0.757. The standard InChI is InChI=1S/C19H22N2O6/c1-26-18(24)12-5-6-14(19(25)27-2)15(7-12)20-17(23)13-8-16(22)21(10-13)9-11-3-4-11/h5-7,11,13H,3-4,8-10H2,1-2H3,(H,20,23). The lowest BCUT2D eigenvalue weighted by molar-refractivity contribution is -0.128. The number of amides is 2. The van der Waals surface area contributed by atoms with E-state index in [2.05, 4.69) is 10.1 Å². The number of esters is 2. The van der Waals surface area contributed by atoms with Crippen LogP contribution in [-0.4, -0.2) is 56.0 Å². The molecule has 1 aromatic rings. The number of hydrogen-bond acceptors (Lipinski definition) is 6. The molecule has 8 heteroatoms. The highest BCUT2D eigenvalue weighted by Gasteiger charge is 2.37. The Morgan fingerprint density at radius 1 is 1.15 bits per heavy atom. The van der Waals surface area contributed by atoms with E-state index in [9.17, 15) is 19.2 Å². The highest BCUT2D eigenvalue weighted by Crippen LogP contribution is 2.32. The summed E-state index contributed by atoms with van der Waals surface area (Å²) in [5.41, 5.74) is 0.471. The molecule has 0 spiro atoms. The van der Waals surface area contributed by atoms with Gasteiger partial charge < -0.3 is 19.7 Å². The van der Waals surface area contributed by atoms with Gasteiger partial charge in [-0.15, -0.1) is 0 Å². The van der Waals surface area contributed by atoms with Crippen molar-refractivity contribution >= 4 is 29.4 Å². The summed E-state index contributed by atoms with van der Waals surface area (Å²) in [5, 5.41) is 2.67. The SMILES string of the molecule is COC(=O)c1ccc(C(=O)OC)c(NC(=O)C2CC(=O)N(CC3CC3)C2)c1. The molecule has 0 bridgehead atoms. The van der Waals surface area contributed by atoms with Crippen molar-refractivity contribution in [2.75, 3.05) is 32.6 Å². The lowest BCUT2D eigenvalue weighted by Crippen LogP contribution is -2.30. The van der Waals surface area contributed by atoms with Crippen molar-refractivity contribution < 1.29 is 28.7 Å². The number of likely N-dealkylation sites (tertiary alicyclic amines) is 1. The number of methoxy groups -OCH3 is 2. The molecule has 3 rings (SSSR count). The summed E-state index contributed by atoms with van der Waals surface area (Å²) >= 11 is 0. The Hall–Kier alpha value is -2.90. The van der Waals surface area contributed by atoms with Crippen molar-refractivity contribution in [1.29, 1.82) is 0 Å². The normalized spacial score (nSPS) is 19.0. The van der Waals surface area contributed by atoms with E-state index in [1.807, 2.05) is 0 Å². The van der Waals surface area contributed by atoms with Gasteiger partial charge in [0.25, 0.3) is 0 Å². The second kappa shape index (κ2) is 7.77. The van der Waals surface area contributed by atoms with E-state index < -0.39 is 17.9 Å². The van der Waals surface area contributed by atoms with Gasteiger partial charge in [-0.1, -0.05) is 0 Å². The van der Waals surface area contributed by atoms with Crippen LogP contribution in [0.15, 0.2) is 18.2 Å². The molecule has 2 fully saturated rings. The number of carbonyl (C=O) groups excluding carboxylic acids is 4. The van der Waals surface area contributed by atoms with Crippen molar-refractivity contribution in [3.05, 3.63) is 29.3 Å². The van der Waals surface area contributed by atoms with Gasteiger partial charge in [0.2, 0.25) is 11.8 Å². The maximum Gasteiger partial charge on any atom is 0.339 e. The van der Waals surface area contributed by atoms with Gasteiger partial charge in [-0.2, -0.15) is 0 Å². The number of hydrogen-bond donors (Lipinski definition) is 1. The van der Waals surface area contributed by atoms with E-state index in [0.717, 1.165) is 12.8 Å². The van der Waals surface area contributed by atoms with E-state index in [0.29, 0.717) is 19.0 Å². The third kappa shape index (κ3) is 4.27. The highest BCUT2D eigenvalue weighted by molar-refractivity contribution is 6.05. The van der Waals surface area contributed by atoms with Crippen molar-refractivity contribution in [3.63, 3.8) is 0 Å². The predicted octanol–water partition coefficient (Wildman–Crippen LogP) is 1.46. The first kappa shape index (κ1) is 18.9. The number of ether oxygens (including phenoxy) is 2. The summed E-state index contributed by atoms with van der Waals surface area (Å²) in [4.78, 5) is 50.2. The van der Waals surface area contributed by atoms with Crippen molar-refractivity contribution in [1.82, 2.24) is 4.90 Å². The third-order valence-electron chi connectivity index (χ3n) is 4.86. The fourth-order valence-corrected chi connectivity index (χ4v) is 3.15. The average Bonchev–Trinajstić information content (AvgIpc) is 3.41. The largest absolute Gasteiger partial charge is 0.465 e. The summed E-state index contributed by atoms with van der Waals surface area (Å²) in [7, 11) is 2.47. The van der Waals surface area contributed by atoms with Crippen LogP contribution in [0.25, 0.3) is 0 Å². The lowest BCUT2D eigenvalue weighted by Gasteiger charge is -2.16. The van der Waals surface area contributed by atoms with E-state index in [1.165, 1.54) is 32.4 Å². The number of nitrogens with one attached hydrogen (secondary N) is 1. The molecule has 1 heterocycles. The fourth-order valence-electron chi connectivity index (χ4n) is 3.15. The van der Waals surface area contributed by atoms with E-state index >= 15 is 0 Å². The number of anilines is 1. The Balaban J connectivity index is 1.76. The first-order valence-electron chi connectivity index (χ1n) is 8.82. The first-order valence-corrected chi connectivity index (χ1v) is 8.82. The molecule has 1 saturated carbocycles. The zero-order valence-corrected chi connectivity index (χ0v) is 15.3. The number of nitrogens with zero attached hydrogens (tertiary/aromatic N) is 1. The first-order chi connectivity index (χ1) is 12.9. The number of carbonyl (C=O) groups is 4. The minimum Gasteiger partial charge on any atom is -0.465 e. The van der Waals surface area contributed by atoms with Crippen LogP contribution in [0.4, 0.5) is 5.69 Å². The zero-order chi connectivity index (χ0) is 19.6. The molecule has 1 N–H and O–H groups in total. The van der Waals surface area contributed by atoms with Gasteiger partial charge in [0.15, 0.2) is 0 Å². The average molecular weight is 374 g/mol. The zero-order valence-electron chi connectivity index (χ0n) is 15.3. The van der Waals surface area contributed by atoms with Gasteiger partial charge in [0.1, 0.15) is 0 Å². The number of benzene rings is 1. The van der Waals surface area contributed by atoms with Gasteiger partial charge in [-0.3, -0.25) is 9.59 Å². The van der Waals surface area contributed by atoms with Crippen LogP contribution in [0.1, 0.15) is 40.0 Å². The van der Waals surface area contributed by atoms with Gasteiger partial charge >= 0.3 is 11.9 Å². The number of rotatable bonds is 6. The Morgan fingerprint density at radius 2 is 1.85 bits per heavy atom. The van der Waals surface area contributed by atoms with Crippen LogP contribution in [-0.2, 0) is 19.1 Å². The minimum atomic E-state index is -0.639. The molecule has 0 aromatic heterocycles. The fraction of sp³-hybridized carbons (Fsp3) is 0.474. The summed E-state index contributed by atoms with van der Waals surface area (Å²) < 4.78 is 9.40. The maximum absolute atomic E-state index is 12.7. The van der Waals surface area contributed by atoms with Crippen molar-refractivity contribution in [2.45, 2.75) is 19.3 Å².